The first-order chi connectivity index (χ1) is 9.70. The lowest BCUT2D eigenvalue weighted by molar-refractivity contribution is -0.00000823. The summed E-state index contributed by atoms with van der Waals surface area (Å²) >= 11 is 0. The molecule has 1 aliphatic heterocycles. The van der Waals surface area contributed by atoms with Gasteiger partial charge in [0, 0.05) is 13.7 Å². The fourth-order valence-corrected chi connectivity index (χ4v) is 5.47. The zero-order chi connectivity index (χ0) is 14.8. The van der Waals surface area contributed by atoms with E-state index < -0.39 is 12.2 Å². The Kier molecular flexibility index (Phi) is 13.3. The topological polar surface area (TPSA) is 69.9 Å². The van der Waals surface area contributed by atoms with E-state index in [2.05, 4.69) is 0 Å². The highest BCUT2D eigenvalue weighted by atomic mass is 35.5. The molecule has 1 unspecified atom stereocenters. The molecule has 128 valence electrons. The van der Waals surface area contributed by atoms with Gasteiger partial charge in [-0.15, -0.1) is 0 Å². The van der Waals surface area contributed by atoms with E-state index in [1.54, 1.807) is 7.11 Å². The third-order valence-electron chi connectivity index (χ3n) is 4.02. The lowest BCUT2D eigenvalue weighted by atomic mass is 10.1. The summed E-state index contributed by atoms with van der Waals surface area (Å²) in [6.45, 7) is 0.872. The van der Waals surface area contributed by atoms with Crippen molar-refractivity contribution in [3.8, 4) is 0 Å². The first-order valence-corrected chi connectivity index (χ1v) is 9.45. The number of aliphatic hydroxyl groups is 3. The van der Waals surface area contributed by atoms with E-state index in [0.29, 0.717) is 5.75 Å². The van der Waals surface area contributed by atoms with Gasteiger partial charge in [-0.25, -0.2) is 0 Å². The molecule has 1 fully saturated rings. The zero-order valence-electron chi connectivity index (χ0n) is 13.0. The molecule has 6 heteroatoms. The molecule has 0 aromatic heterocycles. The van der Waals surface area contributed by atoms with Crippen molar-refractivity contribution < 1.29 is 32.5 Å². The summed E-state index contributed by atoms with van der Waals surface area (Å²) < 4.78 is 5.02. The molecule has 0 aromatic rings. The third-order valence-corrected chi connectivity index (χ3v) is 6.89. The molecule has 21 heavy (non-hydrogen) atoms. The molecule has 3 N–H and O–H groups in total. The number of unbranched alkanes of at least 4 members (excludes halogenated alkanes) is 6. The van der Waals surface area contributed by atoms with Gasteiger partial charge in [-0.1, -0.05) is 25.7 Å². The van der Waals surface area contributed by atoms with Crippen LogP contribution in [0.15, 0.2) is 0 Å². The second-order valence-corrected chi connectivity index (χ2v) is 8.08. The van der Waals surface area contributed by atoms with E-state index >= 15 is 0 Å². The minimum Gasteiger partial charge on any atom is -1.00 e. The molecule has 1 rings (SSSR count). The quantitative estimate of drug-likeness (QED) is 0.302. The van der Waals surface area contributed by atoms with Crippen molar-refractivity contribution in [1.82, 2.24) is 0 Å². The minimum atomic E-state index is -0.718. The monoisotopic (exact) mass is 342 g/mol. The van der Waals surface area contributed by atoms with Crippen LogP contribution in [0.5, 0.6) is 0 Å². The Morgan fingerprint density at radius 3 is 2.14 bits per heavy atom. The average Bonchev–Trinajstić information content (AvgIpc) is 2.72. The van der Waals surface area contributed by atoms with Gasteiger partial charge in [-0.3, -0.25) is 0 Å². The summed E-state index contributed by atoms with van der Waals surface area (Å²) in [7, 11) is 1.74. The summed E-state index contributed by atoms with van der Waals surface area (Å²) in [6, 6.07) is 0. The van der Waals surface area contributed by atoms with Crippen LogP contribution >= 0.6 is 0 Å². The molecule has 0 radical (unpaired) electrons. The average molecular weight is 343 g/mol. The van der Waals surface area contributed by atoms with Crippen LogP contribution in [0.2, 0.25) is 0 Å². The summed E-state index contributed by atoms with van der Waals surface area (Å²) in [5.41, 5.74) is 0. The summed E-state index contributed by atoms with van der Waals surface area (Å²) in [5, 5.41) is 28.6. The Hall–Kier alpha value is 0.480. The number of methoxy groups -OCH3 is 1. The van der Waals surface area contributed by atoms with Gasteiger partial charge in [0.15, 0.2) is 5.25 Å². The largest absolute Gasteiger partial charge is 1.00 e. The molecule has 0 aromatic carbocycles. The van der Waals surface area contributed by atoms with Gasteiger partial charge in [0.2, 0.25) is 0 Å². The molecular weight excluding hydrogens is 312 g/mol. The van der Waals surface area contributed by atoms with Gasteiger partial charge in [-0.05, 0) is 30.2 Å². The molecule has 4 atom stereocenters. The fourth-order valence-electron chi connectivity index (χ4n) is 2.75. The molecule has 4 nitrogen and oxygen atoms in total. The van der Waals surface area contributed by atoms with Crippen LogP contribution in [0.25, 0.3) is 0 Å². The van der Waals surface area contributed by atoms with E-state index in [1.807, 2.05) is 0 Å². The Balaban J connectivity index is 0.00000400. The van der Waals surface area contributed by atoms with Crippen molar-refractivity contribution in [3.63, 3.8) is 0 Å². The van der Waals surface area contributed by atoms with Crippen LogP contribution in [-0.4, -0.2) is 64.6 Å². The van der Waals surface area contributed by atoms with Gasteiger partial charge in [0.05, 0.1) is 6.61 Å². The Bertz CT molecular complexity index is 246. The molecule has 0 aliphatic carbocycles. The van der Waals surface area contributed by atoms with E-state index in [1.165, 1.54) is 32.1 Å². The second kappa shape index (κ2) is 13.0. The van der Waals surface area contributed by atoms with Crippen molar-refractivity contribution >= 4 is 10.9 Å². The van der Waals surface area contributed by atoms with Crippen LogP contribution in [0.1, 0.15) is 44.9 Å². The predicted octanol–water partition coefficient (Wildman–Crippen LogP) is -1.92. The first-order valence-electron chi connectivity index (χ1n) is 7.83. The van der Waals surface area contributed by atoms with Crippen molar-refractivity contribution in [2.45, 2.75) is 62.4 Å². The van der Waals surface area contributed by atoms with Crippen LogP contribution < -0.4 is 12.4 Å². The molecular formula is C15H31ClO4S. The van der Waals surface area contributed by atoms with Crippen molar-refractivity contribution in [1.29, 1.82) is 0 Å². The standard InChI is InChI=1S/C15H31O4S.ClH/c1-19-9-7-5-3-2-4-6-8-10-20-12-13(17)15(18)14(20)11-16;/h13-18H,2-12H2,1H3;1H/q+1;/p-1/t13-,14-,15+,20?;/m1./s1. The van der Waals surface area contributed by atoms with Crippen LogP contribution in [-0.2, 0) is 15.6 Å². The summed E-state index contributed by atoms with van der Waals surface area (Å²) in [6.07, 6.45) is 7.27. The van der Waals surface area contributed by atoms with E-state index in [4.69, 9.17) is 4.74 Å². The number of ether oxygens (including phenoxy) is 1. The molecule has 0 amide bonds. The van der Waals surface area contributed by atoms with Gasteiger partial charge in [-0.2, -0.15) is 0 Å². The van der Waals surface area contributed by atoms with Gasteiger partial charge in [0.25, 0.3) is 0 Å². The van der Waals surface area contributed by atoms with Crippen LogP contribution in [0.3, 0.4) is 0 Å². The zero-order valence-corrected chi connectivity index (χ0v) is 14.6. The van der Waals surface area contributed by atoms with E-state index in [9.17, 15) is 15.3 Å². The highest BCUT2D eigenvalue weighted by Gasteiger charge is 2.48. The number of rotatable bonds is 11. The van der Waals surface area contributed by atoms with E-state index in [-0.39, 0.29) is 35.2 Å². The molecule has 1 aliphatic rings. The fraction of sp³-hybridized carbons (Fsp3) is 1.00. The highest BCUT2D eigenvalue weighted by Crippen LogP contribution is 2.25. The van der Waals surface area contributed by atoms with Crippen molar-refractivity contribution in [3.05, 3.63) is 0 Å². The van der Waals surface area contributed by atoms with Crippen molar-refractivity contribution in [2.75, 3.05) is 31.8 Å². The minimum absolute atomic E-state index is 0. The van der Waals surface area contributed by atoms with Crippen molar-refractivity contribution in [2.24, 2.45) is 0 Å². The lowest BCUT2D eigenvalue weighted by Crippen LogP contribution is -3.00. The maximum absolute atomic E-state index is 9.76. The number of hydrogen-bond acceptors (Lipinski definition) is 4. The van der Waals surface area contributed by atoms with E-state index in [0.717, 1.165) is 25.2 Å². The normalized spacial score (nSPS) is 28.6. The Labute approximate surface area is 138 Å². The molecule has 0 bridgehead atoms. The SMILES string of the molecule is COCCCCCCCCC[S+]1C[C@@H](O)[C@H](O)[C@H]1CO.[Cl-]. The van der Waals surface area contributed by atoms with Gasteiger partial charge >= 0.3 is 0 Å². The second-order valence-electron chi connectivity index (χ2n) is 5.65. The maximum atomic E-state index is 9.76. The molecule has 1 saturated heterocycles. The first kappa shape index (κ1) is 21.5. The summed E-state index contributed by atoms with van der Waals surface area (Å²) in [5.74, 6) is 1.71. The van der Waals surface area contributed by atoms with Gasteiger partial charge < -0.3 is 32.5 Å². The molecule has 1 heterocycles. The number of hydrogen-bond donors (Lipinski definition) is 3. The predicted molar refractivity (Wildman–Crippen MR) is 84.2 cm³/mol. The number of aliphatic hydroxyl groups excluding tert-OH is 3. The Morgan fingerprint density at radius 1 is 1.00 bits per heavy atom. The lowest BCUT2D eigenvalue weighted by Gasteiger charge is -2.11. The van der Waals surface area contributed by atoms with Crippen LogP contribution in [0, 0.1) is 0 Å². The number of halogens is 1. The maximum Gasteiger partial charge on any atom is 0.169 e. The molecule has 0 saturated carbocycles. The highest BCUT2D eigenvalue weighted by molar-refractivity contribution is 7.97. The summed E-state index contributed by atoms with van der Waals surface area (Å²) in [4.78, 5) is 0. The van der Waals surface area contributed by atoms with Crippen LogP contribution in [0.4, 0.5) is 0 Å². The van der Waals surface area contributed by atoms with Gasteiger partial charge in [0.1, 0.15) is 23.7 Å². The Morgan fingerprint density at radius 2 is 1.57 bits per heavy atom. The third kappa shape index (κ3) is 8.05. The smallest absolute Gasteiger partial charge is 0.169 e. The molecule has 0 spiro atoms.